The van der Waals surface area contributed by atoms with Crippen LogP contribution in [0.5, 0.6) is 5.75 Å². The summed E-state index contributed by atoms with van der Waals surface area (Å²) in [6.07, 6.45) is 1.39. The number of carbonyl (C=O) groups excluding carboxylic acids is 1. The van der Waals surface area contributed by atoms with E-state index in [1.54, 1.807) is 31.3 Å². The fraction of sp³-hybridized carbons (Fsp3) is 0.143. The molecule has 1 heterocycles. The van der Waals surface area contributed by atoms with Crippen LogP contribution in [0.25, 0.3) is 0 Å². The zero-order valence-corrected chi connectivity index (χ0v) is 12.2. The van der Waals surface area contributed by atoms with Gasteiger partial charge in [0.1, 0.15) is 10.9 Å². The lowest BCUT2D eigenvalue weighted by Crippen LogP contribution is -2.26. The van der Waals surface area contributed by atoms with Crippen molar-refractivity contribution >= 4 is 29.1 Å². The summed E-state index contributed by atoms with van der Waals surface area (Å²) in [6.45, 7) is 0.416. The number of hydrogen-bond donors (Lipinski definition) is 1. The molecule has 0 aliphatic rings. The van der Waals surface area contributed by atoms with Crippen LogP contribution in [0.1, 0.15) is 15.9 Å². The van der Waals surface area contributed by atoms with Gasteiger partial charge in [0, 0.05) is 19.8 Å². The van der Waals surface area contributed by atoms with Crippen molar-refractivity contribution in [3.05, 3.63) is 57.8 Å². The summed E-state index contributed by atoms with van der Waals surface area (Å²) >= 11 is 11.6. The monoisotopic (exact) mass is 310 g/mol. The third-order valence-electron chi connectivity index (χ3n) is 2.75. The highest BCUT2D eigenvalue weighted by molar-refractivity contribution is 6.41. The molecule has 0 atom stereocenters. The molecule has 20 heavy (non-hydrogen) atoms. The molecule has 2 rings (SSSR count). The van der Waals surface area contributed by atoms with Crippen LogP contribution in [-0.2, 0) is 6.54 Å². The number of carbonyl (C=O) groups is 1. The van der Waals surface area contributed by atoms with Crippen LogP contribution < -0.4 is 0 Å². The second-order valence-corrected chi connectivity index (χ2v) is 5.09. The van der Waals surface area contributed by atoms with E-state index in [-0.39, 0.29) is 21.8 Å². The summed E-state index contributed by atoms with van der Waals surface area (Å²) in [5, 5.41) is 9.64. The van der Waals surface area contributed by atoms with E-state index in [9.17, 15) is 9.90 Å². The Morgan fingerprint density at radius 3 is 2.55 bits per heavy atom. The molecule has 4 nitrogen and oxygen atoms in total. The Kier molecular flexibility index (Phi) is 4.47. The maximum Gasteiger partial charge on any atom is 0.255 e. The third kappa shape index (κ3) is 3.40. The van der Waals surface area contributed by atoms with E-state index < -0.39 is 0 Å². The Balaban J connectivity index is 2.11. The molecule has 6 heteroatoms. The number of halogens is 2. The van der Waals surface area contributed by atoms with Gasteiger partial charge in [-0.1, -0.05) is 35.3 Å². The van der Waals surface area contributed by atoms with Crippen LogP contribution in [-0.4, -0.2) is 27.9 Å². The van der Waals surface area contributed by atoms with E-state index in [4.69, 9.17) is 23.2 Å². The van der Waals surface area contributed by atoms with Gasteiger partial charge in [-0.3, -0.25) is 4.79 Å². The van der Waals surface area contributed by atoms with Crippen molar-refractivity contribution in [1.29, 1.82) is 0 Å². The van der Waals surface area contributed by atoms with Crippen LogP contribution in [0.4, 0.5) is 0 Å². The molecule has 0 saturated carbocycles. The average molecular weight is 311 g/mol. The molecule has 1 aromatic carbocycles. The predicted octanol–water partition coefficient (Wildman–Crippen LogP) is 3.37. The second kappa shape index (κ2) is 6.11. The minimum absolute atomic E-state index is 0.171. The Labute approximate surface area is 126 Å². The van der Waals surface area contributed by atoms with Crippen molar-refractivity contribution in [3.63, 3.8) is 0 Å². The Morgan fingerprint density at radius 1 is 1.30 bits per heavy atom. The molecular weight excluding hydrogens is 299 g/mol. The number of benzene rings is 1. The van der Waals surface area contributed by atoms with E-state index in [0.717, 1.165) is 5.56 Å². The molecule has 0 spiro atoms. The zero-order valence-electron chi connectivity index (χ0n) is 10.7. The minimum atomic E-state index is -0.204. The lowest BCUT2D eigenvalue weighted by molar-refractivity contribution is 0.0784. The number of aromatic hydroxyl groups is 1. The van der Waals surface area contributed by atoms with Crippen LogP contribution in [0.15, 0.2) is 36.5 Å². The lowest BCUT2D eigenvalue weighted by Gasteiger charge is -2.17. The zero-order chi connectivity index (χ0) is 14.7. The van der Waals surface area contributed by atoms with Crippen molar-refractivity contribution < 1.29 is 9.90 Å². The van der Waals surface area contributed by atoms with Gasteiger partial charge in [-0.2, -0.15) is 0 Å². The molecule has 0 radical (unpaired) electrons. The third-order valence-corrected chi connectivity index (χ3v) is 3.43. The summed E-state index contributed by atoms with van der Waals surface area (Å²) in [7, 11) is 1.68. The number of aromatic nitrogens is 1. The van der Waals surface area contributed by atoms with Gasteiger partial charge in [0.05, 0.1) is 10.6 Å². The first-order chi connectivity index (χ1) is 9.47. The number of pyridine rings is 1. The summed E-state index contributed by atoms with van der Waals surface area (Å²) < 4.78 is 0. The summed E-state index contributed by atoms with van der Waals surface area (Å²) in [6, 6.07) is 8.16. The number of rotatable bonds is 3. The van der Waals surface area contributed by atoms with Gasteiger partial charge in [0.2, 0.25) is 0 Å². The van der Waals surface area contributed by atoms with Gasteiger partial charge in [0.15, 0.2) is 0 Å². The molecule has 0 saturated heterocycles. The fourth-order valence-electron chi connectivity index (χ4n) is 1.71. The van der Waals surface area contributed by atoms with Gasteiger partial charge in [0.25, 0.3) is 5.91 Å². The Hall–Kier alpha value is -1.78. The molecule has 1 aromatic heterocycles. The Morgan fingerprint density at radius 2 is 1.95 bits per heavy atom. The number of phenols is 1. The maximum absolute atomic E-state index is 12.2. The molecule has 0 fully saturated rings. The van der Waals surface area contributed by atoms with Gasteiger partial charge < -0.3 is 10.0 Å². The van der Waals surface area contributed by atoms with Gasteiger partial charge in [-0.15, -0.1) is 0 Å². The predicted molar refractivity (Wildman–Crippen MR) is 78.2 cm³/mol. The minimum Gasteiger partial charge on any atom is -0.508 e. The normalized spacial score (nSPS) is 10.3. The van der Waals surface area contributed by atoms with E-state index in [1.807, 2.05) is 0 Å². The van der Waals surface area contributed by atoms with Gasteiger partial charge in [-0.05, 0) is 23.8 Å². The average Bonchev–Trinajstić information content (AvgIpc) is 2.43. The number of amides is 1. The molecule has 0 aliphatic heterocycles. The number of nitrogens with zero attached hydrogens (tertiary/aromatic N) is 2. The molecule has 1 N–H and O–H groups in total. The lowest BCUT2D eigenvalue weighted by atomic mass is 10.2. The van der Waals surface area contributed by atoms with Crippen molar-refractivity contribution in [1.82, 2.24) is 9.88 Å². The van der Waals surface area contributed by atoms with Crippen LogP contribution in [0.2, 0.25) is 10.2 Å². The first-order valence-corrected chi connectivity index (χ1v) is 6.57. The van der Waals surface area contributed by atoms with Crippen LogP contribution in [0, 0.1) is 0 Å². The van der Waals surface area contributed by atoms with E-state index in [2.05, 4.69) is 4.98 Å². The molecule has 1 amide bonds. The molecule has 0 aliphatic carbocycles. The van der Waals surface area contributed by atoms with Gasteiger partial charge in [-0.25, -0.2) is 4.98 Å². The van der Waals surface area contributed by atoms with Crippen molar-refractivity contribution in [2.45, 2.75) is 6.54 Å². The highest BCUT2D eigenvalue weighted by Crippen LogP contribution is 2.20. The summed E-state index contributed by atoms with van der Waals surface area (Å²) in [5.41, 5.74) is 1.28. The maximum atomic E-state index is 12.2. The van der Waals surface area contributed by atoms with Crippen LogP contribution in [0.3, 0.4) is 0 Å². The molecule has 0 bridgehead atoms. The summed E-state index contributed by atoms with van der Waals surface area (Å²) in [4.78, 5) is 17.6. The number of hydrogen-bond acceptors (Lipinski definition) is 3. The van der Waals surface area contributed by atoms with E-state index in [1.165, 1.54) is 17.2 Å². The van der Waals surface area contributed by atoms with Crippen LogP contribution >= 0.6 is 23.2 Å². The first-order valence-electron chi connectivity index (χ1n) is 5.82. The fourth-order valence-corrected chi connectivity index (χ4v) is 1.98. The van der Waals surface area contributed by atoms with Crippen molar-refractivity contribution in [2.75, 3.05) is 7.05 Å². The van der Waals surface area contributed by atoms with Crippen molar-refractivity contribution in [2.24, 2.45) is 0 Å². The SMILES string of the molecule is CN(Cc1ccc(O)cc1)C(=O)c1cnc(Cl)c(Cl)c1. The van der Waals surface area contributed by atoms with Gasteiger partial charge >= 0.3 is 0 Å². The second-order valence-electron chi connectivity index (χ2n) is 4.32. The number of phenolic OH excluding ortho intramolecular Hbond substituents is 1. The Bertz CT molecular complexity index is 630. The first kappa shape index (κ1) is 14.6. The largest absolute Gasteiger partial charge is 0.508 e. The molecule has 0 unspecified atom stereocenters. The summed E-state index contributed by atoms with van der Waals surface area (Å²) in [5.74, 6) is -0.0134. The molecule has 104 valence electrons. The topological polar surface area (TPSA) is 53.4 Å². The smallest absolute Gasteiger partial charge is 0.255 e. The standard InChI is InChI=1S/C14H12Cl2N2O2/c1-18(8-9-2-4-11(19)5-3-9)14(20)10-6-12(15)13(16)17-7-10/h2-7,19H,8H2,1H3. The highest BCUT2D eigenvalue weighted by Gasteiger charge is 2.14. The molecular formula is C14H12Cl2N2O2. The highest BCUT2D eigenvalue weighted by atomic mass is 35.5. The van der Waals surface area contributed by atoms with E-state index >= 15 is 0 Å². The molecule has 2 aromatic rings. The van der Waals surface area contributed by atoms with Crippen molar-refractivity contribution in [3.8, 4) is 5.75 Å². The van der Waals surface area contributed by atoms with E-state index in [0.29, 0.717) is 12.1 Å². The quantitative estimate of drug-likeness (QED) is 0.884.